The number of hydrogen-bond acceptors (Lipinski definition) is 4. The van der Waals surface area contributed by atoms with Gasteiger partial charge in [-0.2, -0.15) is 4.31 Å². The Labute approximate surface area is 190 Å². The Kier molecular flexibility index (Phi) is 7.43. The van der Waals surface area contributed by atoms with Crippen LogP contribution in [0.25, 0.3) is 0 Å². The summed E-state index contributed by atoms with van der Waals surface area (Å²) in [4.78, 5) is 26.9. The molecule has 1 aliphatic rings. The van der Waals surface area contributed by atoms with Gasteiger partial charge in [-0.05, 0) is 42.3 Å². The fourth-order valence-corrected chi connectivity index (χ4v) is 4.97. The SMILES string of the molecule is CC(C)[C@H](NC(=O)c1c(F)cccc1F)C(=O)N1CCN(S(=O)(=O)c2ccc(F)cc2)CC1. The van der Waals surface area contributed by atoms with Crippen LogP contribution in [0.3, 0.4) is 0 Å². The normalized spacial score (nSPS) is 16.0. The summed E-state index contributed by atoms with van der Waals surface area (Å²) in [6, 6.07) is 6.43. The number of nitrogens with zero attached hydrogens (tertiary/aromatic N) is 2. The average Bonchev–Trinajstić information content (AvgIpc) is 2.77. The summed E-state index contributed by atoms with van der Waals surface area (Å²) >= 11 is 0. The summed E-state index contributed by atoms with van der Waals surface area (Å²) in [5.74, 6) is -4.55. The Balaban J connectivity index is 1.68. The molecule has 1 saturated heterocycles. The topological polar surface area (TPSA) is 86.8 Å². The van der Waals surface area contributed by atoms with E-state index in [9.17, 15) is 31.2 Å². The third-order valence-electron chi connectivity index (χ3n) is 5.41. The molecule has 0 bridgehead atoms. The number of carbonyl (C=O) groups excluding carboxylic acids is 2. The summed E-state index contributed by atoms with van der Waals surface area (Å²) < 4.78 is 67.7. The van der Waals surface area contributed by atoms with E-state index in [2.05, 4.69) is 5.32 Å². The third-order valence-corrected chi connectivity index (χ3v) is 7.32. The maximum absolute atomic E-state index is 13.9. The van der Waals surface area contributed by atoms with Crippen molar-refractivity contribution in [1.29, 1.82) is 0 Å². The van der Waals surface area contributed by atoms with Crippen molar-refractivity contribution in [2.24, 2.45) is 5.92 Å². The standard InChI is InChI=1S/C22H24F3N3O4S/c1-14(2)20(26-21(29)19-17(24)4-3-5-18(19)25)22(30)27-10-12-28(13-11-27)33(31,32)16-8-6-15(23)7-9-16/h3-9,14,20H,10-13H2,1-2H3,(H,26,29)/t20-/m0/s1. The largest absolute Gasteiger partial charge is 0.340 e. The molecule has 0 aliphatic carbocycles. The fraction of sp³-hybridized carbons (Fsp3) is 0.364. The van der Waals surface area contributed by atoms with Gasteiger partial charge in [0.2, 0.25) is 15.9 Å². The summed E-state index contributed by atoms with van der Waals surface area (Å²) in [5, 5.41) is 2.41. The van der Waals surface area contributed by atoms with E-state index in [4.69, 9.17) is 0 Å². The van der Waals surface area contributed by atoms with Gasteiger partial charge in [0.25, 0.3) is 5.91 Å². The van der Waals surface area contributed by atoms with Crippen molar-refractivity contribution in [3.63, 3.8) is 0 Å². The van der Waals surface area contributed by atoms with Crippen molar-refractivity contribution in [3.8, 4) is 0 Å². The zero-order valence-electron chi connectivity index (χ0n) is 18.1. The first kappa shape index (κ1) is 24.7. The van der Waals surface area contributed by atoms with E-state index >= 15 is 0 Å². The molecular weight excluding hydrogens is 459 g/mol. The minimum absolute atomic E-state index is 0.00610. The molecule has 1 fully saturated rings. The monoisotopic (exact) mass is 483 g/mol. The maximum atomic E-state index is 13.9. The molecule has 33 heavy (non-hydrogen) atoms. The second-order valence-corrected chi connectivity index (χ2v) is 9.91. The van der Waals surface area contributed by atoms with Crippen molar-refractivity contribution in [2.45, 2.75) is 24.8 Å². The second kappa shape index (κ2) is 9.92. The lowest BCUT2D eigenvalue weighted by molar-refractivity contribution is -0.135. The molecule has 0 radical (unpaired) electrons. The van der Waals surface area contributed by atoms with Gasteiger partial charge in [0, 0.05) is 26.2 Å². The number of rotatable bonds is 6. The van der Waals surface area contributed by atoms with E-state index < -0.39 is 56.8 Å². The van der Waals surface area contributed by atoms with Crippen LogP contribution in [0.15, 0.2) is 47.4 Å². The zero-order valence-corrected chi connectivity index (χ0v) is 18.9. The molecule has 0 spiro atoms. The van der Waals surface area contributed by atoms with E-state index in [0.29, 0.717) is 0 Å². The molecule has 0 saturated carbocycles. The average molecular weight is 484 g/mol. The highest BCUT2D eigenvalue weighted by molar-refractivity contribution is 7.89. The maximum Gasteiger partial charge on any atom is 0.257 e. The Morgan fingerprint density at radius 2 is 1.45 bits per heavy atom. The minimum Gasteiger partial charge on any atom is -0.340 e. The highest BCUT2D eigenvalue weighted by atomic mass is 32.2. The third kappa shape index (κ3) is 5.36. The molecule has 7 nitrogen and oxygen atoms in total. The van der Waals surface area contributed by atoms with Crippen LogP contribution in [0.5, 0.6) is 0 Å². The summed E-state index contributed by atoms with van der Waals surface area (Å²) in [7, 11) is -3.85. The van der Waals surface area contributed by atoms with E-state index in [-0.39, 0.29) is 31.1 Å². The molecular formula is C22H24F3N3O4S. The van der Waals surface area contributed by atoms with E-state index in [0.717, 1.165) is 30.3 Å². The van der Waals surface area contributed by atoms with Crippen LogP contribution in [0.1, 0.15) is 24.2 Å². The molecule has 2 aromatic rings. The first-order chi connectivity index (χ1) is 15.5. The molecule has 1 atom stereocenters. The quantitative estimate of drug-likeness (QED) is 0.684. The van der Waals surface area contributed by atoms with Gasteiger partial charge in [0.05, 0.1) is 4.90 Å². The Morgan fingerprint density at radius 1 is 0.909 bits per heavy atom. The number of hydrogen-bond donors (Lipinski definition) is 1. The first-order valence-corrected chi connectivity index (χ1v) is 11.8. The summed E-state index contributed by atoms with van der Waals surface area (Å²) in [6.45, 7) is 3.49. The Hall–Kier alpha value is -2.92. The molecule has 0 aromatic heterocycles. The molecule has 3 rings (SSSR count). The van der Waals surface area contributed by atoms with E-state index in [1.54, 1.807) is 13.8 Å². The molecule has 0 unspecified atom stereocenters. The summed E-state index contributed by atoms with van der Waals surface area (Å²) in [5.41, 5.74) is -0.772. The van der Waals surface area contributed by atoms with Crippen LogP contribution in [-0.4, -0.2) is 61.7 Å². The highest BCUT2D eigenvalue weighted by Gasteiger charge is 2.35. The number of halogens is 3. The van der Waals surface area contributed by atoms with Crippen molar-refractivity contribution in [3.05, 3.63) is 65.5 Å². The van der Waals surface area contributed by atoms with E-state index in [1.807, 2.05) is 0 Å². The highest BCUT2D eigenvalue weighted by Crippen LogP contribution is 2.19. The van der Waals surface area contributed by atoms with Crippen LogP contribution < -0.4 is 5.32 Å². The Bertz CT molecular complexity index is 1110. The van der Waals surface area contributed by atoms with Crippen LogP contribution in [0, 0.1) is 23.4 Å². The number of piperazine rings is 1. The van der Waals surface area contributed by atoms with Crippen LogP contribution >= 0.6 is 0 Å². The number of carbonyl (C=O) groups is 2. The van der Waals surface area contributed by atoms with Crippen LogP contribution in [0.2, 0.25) is 0 Å². The minimum atomic E-state index is -3.85. The Morgan fingerprint density at radius 3 is 1.97 bits per heavy atom. The van der Waals surface area contributed by atoms with Crippen molar-refractivity contribution in [2.75, 3.05) is 26.2 Å². The molecule has 1 aliphatic heterocycles. The molecule has 2 amide bonds. The molecule has 11 heteroatoms. The van der Waals surface area contributed by atoms with Gasteiger partial charge in [0.15, 0.2) is 0 Å². The molecule has 178 valence electrons. The molecule has 2 aromatic carbocycles. The van der Waals surface area contributed by atoms with Gasteiger partial charge in [-0.15, -0.1) is 0 Å². The number of sulfonamides is 1. The fourth-order valence-electron chi connectivity index (χ4n) is 3.54. The van der Waals surface area contributed by atoms with Crippen molar-refractivity contribution >= 4 is 21.8 Å². The lowest BCUT2D eigenvalue weighted by atomic mass is 10.0. The smallest absolute Gasteiger partial charge is 0.257 e. The molecule has 1 heterocycles. The van der Waals surface area contributed by atoms with E-state index in [1.165, 1.54) is 21.3 Å². The van der Waals surface area contributed by atoms with Gasteiger partial charge in [-0.1, -0.05) is 19.9 Å². The predicted octanol–water partition coefficient (Wildman–Crippen LogP) is 2.39. The summed E-state index contributed by atoms with van der Waals surface area (Å²) in [6.07, 6.45) is 0. The van der Waals surface area contributed by atoms with Gasteiger partial charge < -0.3 is 10.2 Å². The number of amides is 2. The lowest BCUT2D eigenvalue weighted by Crippen LogP contribution is -2.57. The van der Waals surface area contributed by atoms with Crippen LogP contribution in [-0.2, 0) is 14.8 Å². The second-order valence-electron chi connectivity index (χ2n) is 7.98. The zero-order chi connectivity index (χ0) is 24.3. The van der Waals surface area contributed by atoms with Crippen LogP contribution in [0.4, 0.5) is 13.2 Å². The van der Waals surface area contributed by atoms with Gasteiger partial charge >= 0.3 is 0 Å². The number of nitrogens with one attached hydrogen (secondary N) is 1. The number of benzene rings is 2. The van der Waals surface area contributed by atoms with Gasteiger partial charge in [-0.25, -0.2) is 21.6 Å². The first-order valence-electron chi connectivity index (χ1n) is 10.3. The molecule has 1 N–H and O–H groups in total. The van der Waals surface area contributed by atoms with Crippen molar-refractivity contribution in [1.82, 2.24) is 14.5 Å². The van der Waals surface area contributed by atoms with Gasteiger partial charge in [0.1, 0.15) is 29.1 Å². The lowest BCUT2D eigenvalue weighted by Gasteiger charge is -2.36. The van der Waals surface area contributed by atoms with Gasteiger partial charge in [-0.3, -0.25) is 9.59 Å². The van der Waals surface area contributed by atoms with Crippen molar-refractivity contribution < 1.29 is 31.2 Å². The predicted molar refractivity (Wildman–Crippen MR) is 114 cm³/mol.